The molecule has 1 saturated heterocycles. The minimum atomic E-state index is -0.514. The van der Waals surface area contributed by atoms with E-state index in [-0.39, 0.29) is 10.7 Å². The fourth-order valence-electron chi connectivity index (χ4n) is 3.10. The van der Waals surface area contributed by atoms with Crippen molar-refractivity contribution in [3.63, 3.8) is 0 Å². The van der Waals surface area contributed by atoms with Crippen molar-refractivity contribution in [1.29, 1.82) is 0 Å². The monoisotopic (exact) mass is 397 g/mol. The molecule has 1 aliphatic heterocycles. The number of nitrogens with zero attached hydrogens (tertiary/aromatic N) is 2. The van der Waals surface area contributed by atoms with Crippen molar-refractivity contribution >= 4 is 41.2 Å². The van der Waals surface area contributed by atoms with E-state index >= 15 is 0 Å². The van der Waals surface area contributed by atoms with Gasteiger partial charge in [-0.3, -0.25) is 19.8 Å². The maximum absolute atomic E-state index is 12.4. The molecule has 28 heavy (non-hydrogen) atoms. The third-order valence-electron chi connectivity index (χ3n) is 4.62. The van der Waals surface area contributed by atoms with E-state index in [9.17, 15) is 14.4 Å². The normalized spacial score (nSPS) is 15.8. The van der Waals surface area contributed by atoms with E-state index in [0.717, 1.165) is 22.6 Å². The highest BCUT2D eigenvalue weighted by Gasteiger charge is 2.31. The number of hydrogen-bond acceptors (Lipinski definition) is 5. The molecule has 1 N–H and O–H groups in total. The molecular weight excluding hydrogens is 378 g/mol. The summed E-state index contributed by atoms with van der Waals surface area (Å²) in [5, 5.41) is 2.59. The summed E-state index contributed by atoms with van der Waals surface area (Å²) in [7, 11) is 2.85. The zero-order chi connectivity index (χ0) is 20.6. The molecule has 0 saturated carbocycles. The second-order valence-corrected chi connectivity index (χ2v) is 6.77. The van der Waals surface area contributed by atoms with Crippen LogP contribution in [0.15, 0.2) is 35.9 Å². The van der Waals surface area contributed by atoms with Gasteiger partial charge in [-0.15, -0.1) is 0 Å². The van der Waals surface area contributed by atoms with Crippen molar-refractivity contribution in [3.8, 4) is 5.69 Å². The lowest BCUT2D eigenvalue weighted by atomic mass is 10.1. The van der Waals surface area contributed by atoms with Crippen LogP contribution >= 0.6 is 12.2 Å². The molecule has 1 aliphatic rings. The van der Waals surface area contributed by atoms with Crippen molar-refractivity contribution in [2.75, 3.05) is 14.2 Å². The summed E-state index contributed by atoms with van der Waals surface area (Å²) < 4.78 is 6.70. The van der Waals surface area contributed by atoms with Gasteiger partial charge in [0.1, 0.15) is 5.57 Å². The van der Waals surface area contributed by atoms with Crippen LogP contribution in [-0.2, 0) is 14.3 Å². The molecule has 8 heteroatoms. The van der Waals surface area contributed by atoms with Crippen LogP contribution in [0.2, 0.25) is 0 Å². The number of methoxy groups -OCH3 is 1. The number of esters is 1. The van der Waals surface area contributed by atoms with Gasteiger partial charge in [-0.25, -0.2) is 4.79 Å². The van der Waals surface area contributed by atoms with Crippen molar-refractivity contribution in [1.82, 2.24) is 14.8 Å². The number of rotatable bonds is 3. The number of hydrogen-bond donors (Lipinski definition) is 1. The summed E-state index contributed by atoms with van der Waals surface area (Å²) in [6, 6.07) is 8.89. The van der Waals surface area contributed by atoms with Gasteiger partial charge in [-0.2, -0.15) is 0 Å². The Hall–Kier alpha value is -3.26. The topological polar surface area (TPSA) is 80.6 Å². The van der Waals surface area contributed by atoms with Crippen LogP contribution in [0, 0.1) is 13.8 Å². The van der Waals surface area contributed by atoms with Gasteiger partial charge in [0, 0.05) is 24.1 Å². The van der Waals surface area contributed by atoms with Crippen molar-refractivity contribution in [2.24, 2.45) is 0 Å². The van der Waals surface area contributed by atoms with Gasteiger partial charge in [0.15, 0.2) is 5.11 Å². The standard InChI is InChI=1S/C20H19N3O4S/c1-11-9-14(10-16-17(24)21-20(28)22(3)18(16)25)12(2)23(11)15-7-5-13(6-8-15)19(26)27-4/h5-10H,1-4H3,(H,21,24,28)/b16-10+. The predicted octanol–water partition coefficient (Wildman–Crippen LogP) is 2.14. The van der Waals surface area contributed by atoms with E-state index in [0.29, 0.717) is 5.56 Å². The Morgan fingerprint density at radius 1 is 1.18 bits per heavy atom. The molecule has 2 amide bonds. The lowest BCUT2D eigenvalue weighted by Crippen LogP contribution is -2.52. The summed E-state index contributed by atoms with van der Waals surface area (Å²) in [5.74, 6) is -1.36. The van der Waals surface area contributed by atoms with Crippen molar-refractivity contribution in [3.05, 3.63) is 58.4 Å². The first-order valence-electron chi connectivity index (χ1n) is 8.47. The third-order valence-corrected chi connectivity index (χ3v) is 5.00. The Balaban J connectivity index is 2.01. The molecular formula is C20H19N3O4S. The maximum atomic E-state index is 12.4. The number of carbonyl (C=O) groups excluding carboxylic acids is 3. The number of carbonyl (C=O) groups is 3. The van der Waals surface area contributed by atoms with Crippen LogP contribution in [0.25, 0.3) is 11.8 Å². The molecule has 2 aromatic rings. The minimum absolute atomic E-state index is 0.0254. The lowest BCUT2D eigenvalue weighted by molar-refractivity contribution is -0.128. The largest absolute Gasteiger partial charge is 0.465 e. The third kappa shape index (κ3) is 3.34. The number of ether oxygens (including phenoxy) is 1. The number of aromatic nitrogens is 1. The van der Waals surface area contributed by atoms with Crippen LogP contribution in [0.3, 0.4) is 0 Å². The molecule has 0 aliphatic carbocycles. The molecule has 1 aromatic heterocycles. The average molecular weight is 397 g/mol. The fraction of sp³-hybridized carbons (Fsp3) is 0.200. The number of nitrogens with one attached hydrogen (secondary N) is 1. The van der Waals surface area contributed by atoms with Crippen LogP contribution in [0.1, 0.15) is 27.3 Å². The first-order valence-corrected chi connectivity index (χ1v) is 8.88. The minimum Gasteiger partial charge on any atom is -0.465 e. The molecule has 3 rings (SSSR count). The van der Waals surface area contributed by atoms with Crippen molar-refractivity contribution < 1.29 is 19.1 Å². The first kappa shape index (κ1) is 19.5. The second-order valence-electron chi connectivity index (χ2n) is 6.38. The maximum Gasteiger partial charge on any atom is 0.337 e. The quantitative estimate of drug-likeness (QED) is 0.371. The first-order chi connectivity index (χ1) is 13.2. The number of thiocarbonyl (C=S) groups is 1. The van der Waals surface area contributed by atoms with E-state index in [2.05, 4.69) is 5.32 Å². The smallest absolute Gasteiger partial charge is 0.337 e. The molecule has 1 fully saturated rings. The number of amides is 2. The average Bonchev–Trinajstić information content (AvgIpc) is 2.96. The Morgan fingerprint density at radius 2 is 1.82 bits per heavy atom. The van der Waals surface area contributed by atoms with Gasteiger partial charge in [-0.1, -0.05) is 0 Å². The highest BCUT2D eigenvalue weighted by atomic mass is 32.1. The predicted molar refractivity (Wildman–Crippen MR) is 108 cm³/mol. The number of aryl methyl sites for hydroxylation is 1. The van der Waals surface area contributed by atoms with E-state index in [4.69, 9.17) is 17.0 Å². The Morgan fingerprint density at radius 3 is 2.43 bits per heavy atom. The summed E-state index contributed by atoms with van der Waals surface area (Å²) in [4.78, 5) is 37.5. The van der Waals surface area contributed by atoms with Gasteiger partial charge in [0.25, 0.3) is 11.8 Å². The zero-order valence-corrected chi connectivity index (χ0v) is 16.7. The lowest BCUT2D eigenvalue weighted by Gasteiger charge is -2.25. The molecule has 0 radical (unpaired) electrons. The zero-order valence-electron chi connectivity index (χ0n) is 15.9. The van der Waals surface area contributed by atoms with E-state index in [1.807, 2.05) is 36.6 Å². The van der Waals surface area contributed by atoms with Gasteiger partial charge >= 0.3 is 5.97 Å². The van der Waals surface area contributed by atoms with E-state index in [1.165, 1.54) is 19.1 Å². The van der Waals surface area contributed by atoms with E-state index in [1.54, 1.807) is 18.2 Å². The summed E-state index contributed by atoms with van der Waals surface area (Å²) >= 11 is 4.96. The molecule has 1 aromatic carbocycles. The molecule has 0 unspecified atom stereocenters. The highest BCUT2D eigenvalue weighted by Crippen LogP contribution is 2.24. The number of likely N-dealkylation sites (N-methyl/N-ethyl adjacent to an activating group) is 1. The molecule has 144 valence electrons. The van der Waals surface area contributed by atoms with Gasteiger partial charge in [0.2, 0.25) is 0 Å². The van der Waals surface area contributed by atoms with Crippen molar-refractivity contribution in [2.45, 2.75) is 13.8 Å². The molecule has 0 spiro atoms. The van der Waals surface area contributed by atoms with Gasteiger partial charge in [-0.05, 0) is 68.0 Å². The highest BCUT2D eigenvalue weighted by molar-refractivity contribution is 7.80. The van der Waals surface area contributed by atoms with Crippen LogP contribution in [-0.4, -0.2) is 46.5 Å². The summed E-state index contributed by atoms with van der Waals surface area (Å²) in [6.45, 7) is 3.82. The van der Waals surface area contributed by atoms with Crippen LogP contribution in [0.5, 0.6) is 0 Å². The Labute approximate surface area is 167 Å². The molecule has 2 heterocycles. The molecule has 7 nitrogen and oxygen atoms in total. The fourth-order valence-corrected chi connectivity index (χ4v) is 3.27. The van der Waals surface area contributed by atoms with Gasteiger partial charge in [0.05, 0.1) is 12.7 Å². The summed E-state index contributed by atoms with van der Waals surface area (Å²) in [5.41, 5.74) is 3.85. The second kappa shape index (κ2) is 7.40. The molecule has 0 atom stereocenters. The molecule has 0 bridgehead atoms. The Kier molecular flexibility index (Phi) is 5.15. The van der Waals surface area contributed by atoms with Crippen LogP contribution < -0.4 is 5.32 Å². The van der Waals surface area contributed by atoms with Gasteiger partial charge < -0.3 is 9.30 Å². The SMILES string of the molecule is COC(=O)c1ccc(-n2c(C)cc(/C=C3\C(=O)NC(=S)N(C)C3=O)c2C)cc1. The summed E-state index contributed by atoms with van der Waals surface area (Å²) in [6.07, 6.45) is 1.57. The number of benzene rings is 1. The van der Waals surface area contributed by atoms with Crippen LogP contribution in [0.4, 0.5) is 0 Å². The Bertz CT molecular complexity index is 1030. The van der Waals surface area contributed by atoms with E-state index < -0.39 is 17.8 Å².